The average Bonchev–Trinajstić information content (AvgIpc) is 3.39. The minimum atomic E-state index is -4.63. The van der Waals surface area contributed by atoms with Crippen LogP contribution in [0.4, 0.5) is 18.9 Å². The molecule has 1 amide bonds. The van der Waals surface area contributed by atoms with Gasteiger partial charge in [-0.2, -0.15) is 13.2 Å². The number of carbonyl (C=O) groups excluding carboxylic acids is 1. The van der Waals surface area contributed by atoms with E-state index in [1.165, 1.54) is 53.0 Å². The number of nitrogens with one attached hydrogen (secondary N) is 1. The van der Waals surface area contributed by atoms with E-state index in [9.17, 15) is 22.8 Å². The number of carbonyl (C=O) groups is 1. The Kier molecular flexibility index (Phi) is 7.89. The normalized spacial score (nSPS) is 12.4. The van der Waals surface area contributed by atoms with E-state index in [4.69, 9.17) is 27.9 Å². The van der Waals surface area contributed by atoms with Crippen molar-refractivity contribution in [1.29, 1.82) is 0 Å². The molecule has 2 aromatic carbocycles. The Bertz CT molecular complexity index is 1870. The summed E-state index contributed by atoms with van der Waals surface area (Å²) < 4.78 is 47.2. The van der Waals surface area contributed by atoms with Crippen LogP contribution in [0.2, 0.25) is 10.2 Å². The highest BCUT2D eigenvalue weighted by atomic mass is 35.5. The second kappa shape index (κ2) is 11.4. The van der Waals surface area contributed by atoms with Crippen molar-refractivity contribution in [3.63, 3.8) is 0 Å². The van der Waals surface area contributed by atoms with Gasteiger partial charge in [0.25, 0.3) is 5.56 Å². The van der Waals surface area contributed by atoms with Crippen LogP contribution in [0.15, 0.2) is 65.8 Å². The zero-order valence-corrected chi connectivity index (χ0v) is 23.4. The van der Waals surface area contributed by atoms with Crippen LogP contribution in [0, 0.1) is 0 Å². The van der Waals surface area contributed by atoms with Crippen LogP contribution in [0.1, 0.15) is 25.1 Å². The molecule has 15 heteroatoms. The van der Waals surface area contributed by atoms with E-state index >= 15 is 0 Å². The van der Waals surface area contributed by atoms with E-state index in [1.807, 2.05) is 0 Å². The molecule has 216 valence electrons. The maximum atomic E-state index is 13.4. The zero-order chi connectivity index (χ0) is 30.2. The lowest BCUT2D eigenvalue weighted by Crippen LogP contribution is -2.32. The lowest BCUT2D eigenvalue weighted by Gasteiger charge is -2.21. The van der Waals surface area contributed by atoms with Crippen molar-refractivity contribution in [3.8, 4) is 22.6 Å². The van der Waals surface area contributed by atoms with Crippen LogP contribution in [-0.2, 0) is 11.0 Å². The Morgan fingerprint density at radius 2 is 1.86 bits per heavy atom. The molecular formula is C27H20Cl2F3N7O3. The summed E-state index contributed by atoms with van der Waals surface area (Å²) in [5.41, 5.74) is 0.248. The molecule has 42 heavy (non-hydrogen) atoms. The molecule has 3 heterocycles. The van der Waals surface area contributed by atoms with Crippen LogP contribution in [0.25, 0.3) is 27.8 Å². The number of ether oxygens (including phenoxy) is 1. The third-order valence-corrected chi connectivity index (χ3v) is 6.76. The van der Waals surface area contributed by atoms with Gasteiger partial charge >= 0.3 is 6.18 Å². The first-order chi connectivity index (χ1) is 20.0. The summed E-state index contributed by atoms with van der Waals surface area (Å²) in [6.45, 7) is 1.73. The Balaban J connectivity index is 1.48. The summed E-state index contributed by atoms with van der Waals surface area (Å²) in [7, 11) is 1.42. The molecular weight excluding hydrogens is 598 g/mol. The van der Waals surface area contributed by atoms with E-state index in [1.54, 1.807) is 25.1 Å². The zero-order valence-electron chi connectivity index (χ0n) is 21.9. The van der Waals surface area contributed by atoms with E-state index < -0.39 is 29.4 Å². The topological polar surface area (TPSA) is 117 Å². The van der Waals surface area contributed by atoms with Gasteiger partial charge < -0.3 is 10.1 Å². The minimum absolute atomic E-state index is 0.0139. The fraction of sp³-hybridized carbons (Fsp3) is 0.185. The van der Waals surface area contributed by atoms with Crippen molar-refractivity contribution in [2.45, 2.75) is 25.6 Å². The van der Waals surface area contributed by atoms with E-state index in [0.717, 1.165) is 0 Å². The van der Waals surface area contributed by atoms with Crippen molar-refractivity contribution >= 4 is 45.8 Å². The number of rotatable bonds is 7. The molecule has 0 aliphatic carbocycles. The van der Waals surface area contributed by atoms with Gasteiger partial charge in [0.1, 0.15) is 11.8 Å². The number of hydrogen-bond donors (Lipinski definition) is 1. The largest absolute Gasteiger partial charge is 0.495 e. The molecule has 0 radical (unpaired) electrons. The molecule has 1 atom stereocenters. The Morgan fingerprint density at radius 1 is 1.07 bits per heavy atom. The van der Waals surface area contributed by atoms with Gasteiger partial charge in [-0.05, 0) is 42.8 Å². The van der Waals surface area contributed by atoms with Gasteiger partial charge in [-0.3, -0.25) is 19.1 Å². The number of nitrogens with zero attached hydrogens (tertiary/aromatic N) is 6. The van der Waals surface area contributed by atoms with E-state index in [0.29, 0.717) is 28.0 Å². The molecule has 10 nitrogen and oxygen atoms in total. The highest BCUT2D eigenvalue weighted by molar-refractivity contribution is 6.31. The van der Waals surface area contributed by atoms with Crippen molar-refractivity contribution in [1.82, 2.24) is 29.5 Å². The summed E-state index contributed by atoms with van der Waals surface area (Å²) in [6.07, 6.45) is -0.859. The number of halogens is 5. The number of hydrogen-bond acceptors (Lipinski definition) is 7. The number of amides is 1. The van der Waals surface area contributed by atoms with Crippen molar-refractivity contribution in [2.24, 2.45) is 0 Å². The number of alkyl halides is 3. The molecule has 0 spiro atoms. The fourth-order valence-electron chi connectivity index (χ4n) is 4.39. The third-order valence-electron chi connectivity index (χ3n) is 6.35. The Labute approximate surface area is 245 Å². The summed E-state index contributed by atoms with van der Waals surface area (Å²) in [6, 6.07) is 9.47. The highest BCUT2D eigenvalue weighted by Gasteiger charge is 2.33. The number of pyridine rings is 1. The maximum Gasteiger partial charge on any atom is 0.434 e. The molecule has 0 aliphatic heterocycles. The van der Waals surface area contributed by atoms with Gasteiger partial charge in [-0.25, -0.2) is 9.67 Å². The minimum Gasteiger partial charge on any atom is -0.495 e. The summed E-state index contributed by atoms with van der Waals surface area (Å²) in [5, 5.41) is 11.0. The number of anilines is 1. The van der Waals surface area contributed by atoms with Gasteiger partial charge in [0, 0.05) is 27.9 Å². The standard InChI is InChI=1S/C27H20Cl2F3N7O3/c1-3-20(26(41)34-15-5-6-18-19(9-15)33-11-23(35-18)27(30,31)32)38-12-22(42-2)17(10-25(38)40)16-8-14(28)4-7-21(16)39-13-24(29)36-37-39/h4-13,20H,3H2,1-2H3,(H,34,41). The van der Waals surface area contributed by atoms with Crippen LogP contribution < -0.4 is 15.6 Å². The summed E-state index contributed by atoms with van der Waals surface area (Å²) in [4.78, 5) is 34.1. The first kappa shape index (κ1) is 29.0. The number of methoxy groups -OCH3 is 1. The van der Waals surface area contributed by atoms with Crippen molar-refractivity contribution < 1.29 is 22.7 Å². The van der Waals surface area contributed by atoms with Gasteiger partial charge in [0.2, 0.25) is 5.91 Å². The Hall–Kier alpha value is -4.49. The molecule has 5 aromatic rings. The van der Waals surface area contributed by atoms with Gasteiger partial charge in [-0.1, -0.05) is 35.3 Å². The number of aromatic nitrogens is 6. The molecule has 5 rings (SSSR count). The van der Waals surface area contributed by atoms with Gasteiger partial charge in [0.15, 0.2) is 10.8 Å². The first-order valence-corrected chi connectivity index (χ1v) is 13.1. The second-order valence-corrected chi connectivity index (χ2v) is 9.84. The van der Waals surface area contributed by atoms with E-state index in [2.05, 4.69) is 25.6 Å². The van der Waals surface area contributed by atoms with Crippen LogP contribution >= 0.6 is 23.2 Å². The third kappa shape index (κ3) is 5.78. The first-order valence-electron chi connectivity index (χ1n) is 12.3. The molecule has 1 N–H and O–H groups in total. The highest BCUT2D eigenvalue weighted by Crippen LogP contribution is 2.36. The molecule has 3 aromatic heterocycles. The molecule has 1 unspecified atom stereocenters. The smallest absolute Gasteiger partial charge is 0.434 e. The maximum absolute atomic E-state index is 13.4. The summed E-state index contributed by atoms with van der Waals surface area (Å²) >= 11 is 12.2. The molecule has 0 aliphatic rings. The number of fused-ring (bicyclic) bond motifs is 1. The SMILES string of the molecule is CCC(C(=O)Nc1ccc2nc(C(F)(F)F)cnc2c1)n1cc(OC)c(-c2cc(Cl)ccc2-n2cc(Cl)nn2)cc1=O. The van der Waals surface area contributed by atoms with Gasteiger partial charge in [-0.15, -0.1) is 5.10 Å². The fourth-order valence-corrected chi connectivity index (χ4v) is 4.69. The number of benzene rings is 2. The lowest BCUT2D eigenvalue weighted by molar-refractivity contribution is -0.141. The van der Waals surface area contributed by atoms with Crippen LogP contribution in [0.5, 0.6) is 5.75 Å². The Morgan fingerprint density at radius 3 is 2.52 bits per heavy atom. The van der Waals surface area contributed by atoms with Gasteiger partial charge in [0.05, 0.1) is 42.4 Å². The monoisotopic (exact) mass is 617 g/mol. The van der Waals surface area contributed by atoms with Crippen LogP contribution in [0.3, 0.4) is 0 Å². The van der Waals surface area contributed by atoms with E-state index in [-0.39, 0.29) is 34.0 Å². The summed E-state index contributed by atoms with van der Waals surface area (Å²) in [5.74, 6) is -0.258. The molecule has 0 fully saturated rings. The molecule has 0 bridgehead atoms. The van der Waals surface area contributed by atoms with Crippen LogP contribution in [-0.4, -0.2) is 42.5 Å². The quantitative estimate of drug-likeness (QED) is 0.239. The van der Waals surface area contributed by atoms with Crippen molar-refractivity contribution in [3.05, 3.63) is 87.3 Å². The lowest BCUT2D eigenvalue weighted by atomic mass is 10.0. The predicted octanol–water partition coefficient (Wildman–Crippen LogP) is 5.96. The predicted molar refractivity (Wildman–Crippen MR) is 150 cm³/mol. The molecule has 0 saturated heterocycles. The average molecular weight is 618 g/mol. The second-order valence-electron chi connectivity index (χ2n) is 9.02. The molecule has 0 saturated carbocycles. The van der Waals surface area contributed by atoms with Crippen molar-refractivity contribution in [2.75, 3.05) is 12.4 Å².